The van der Waals surface area contributed by atoms with Crippen LogP contribution in [0.15, 0.2) is 11.6 Å². The van der Waals surface area contributed by atoms with E-state index in [2.05, 4.69) is 13.0 Å². The lowest BCUT2D eigenvalue weighted by Crippen LogP contribution is -2.28. The van der Waals surface area contributed by atoms with Crippen molar-refractivity contribution in [1.82, 2.24) is 0 Å². The average Bonchev–Trinajstić information content (AvgIpc) is 2.44. The fraction of sp³-hybridized carbons (Fsp3) is 0.800. The summed E-state index contributed by atoms with van der Waals surface area (Å²) < 4.78 is 5.41. The number of fused-ring (bicyclic) bond motifs is 1. The van der Waals surface area contributed by atoms with E-state index in [1.54, 1.807) is 0 Å². The summed E-state index contributed by atoms with van der Waals surface area (Å²) >= 11 is 0. The summed E-state index contributed by atoms with van der Waals surface area (Å²) in [6.45, 7) is 4.18. The third kappa shape index (κ3) is 1.19. The Hall–Kier alpha value is -0.340. The van der Waals surface area contributed by atoms with Crippen LogP contribution in [-0.4, -0.2) is 24.9 Å². The molecule has 0 aromatic rings. The van der Waals surface area contributed by atoms with E-state index >= 15 is 0 Å². The highest BCUT2D eigenvalue weighted by molar-refractivity contribution is 5.19. The molecule has 0 radical (unpaired) electrons. The van der Waals surface area contributed by atoms with Gasteiger partial charge in [0.15, 0.2) is 0 Å². The molecule has 0 saturated carbocycles. The van der Waals surface area contributed by atoms with Crippen molar-refractivity contribution < 1.29 is 9.84 Å². The molecule has 3 unspecified atom stereocenters. The van der Waals surface area contributed by atoms with Gasteiger partial charge in [-0.1, -0.05) is 13.0 Å². The number of allylic oxidation sites excluding steroid dienone is 1. The fourth-order valence-corrected chi connectivity index (χ4v) is 2.52. The Balaban J connectivity index is 2.13. The van der Waals surface area contributed by atoms with Crippen LogP contribution >= 0.6 is 0 Å². The van der Waals surface area contributed by atoms with Gasteiger partial charge in [-0.3, -0.25) is 0 Å². The number of aliphatic hydroxyl groups is 1. The van der Waals surface area contributed by atoms with E-state index in [0.29, 0.717) is 11.8 Å². The molecule has 0 aromatic carbocycles. The highest BCUT2D eigenvalue weighted by atomic mass is 16.5. The molecule has 1 aliphatic heterocycles. The molecule has 2 nitrogen and oxygen atoms in total. The number of ether oxygens (including phenoxy) is 1. The second-order valence-electron chi connectivity index (χ2n) is 3.89. The zero-order valence-corrected chi connectivity index (χ0v) is 7.49. The molecule has 0 spiro atoms. The molecule has 0 bridgehead atoms. The van der Waals surface area contributed by atoms with E-state index in [-0.39, 0.29) is 6.61 Å². The predicted octanol–water partition coefficient (Wildman–Crippen LogP) is 1.21. The van der Waals surface area contributed by atoms with E-state index in [1.807, 2.05) is 0 Å². The molecule has 2 aliphatic rings. The normalized spacial score (nSPS) is 40.8. The summed E-state index contributed by atoms with van der Waals surface area (Å²) in [5.74, 6) is 1.89. The molecule has 3 atom stereocenters. The minimum absolute atomic E-state index is 0.217. The summed E-state index contributed by atoms with van der Waals surface area (Å²) in [5.41, 5.74) is 1.20. The Morgan fingerprint density at radius 2 is 2.50 bits per heavy atom. The van der Waals surface area contributed by atoms with Crippen molar-refractivity contribution >= 4 is 0 Å². The van der Waals surface area contributed by atoms with Gasteiger partial charge in [-0.05, 0) is 23.8 Å². The molecule has 1 aliphatic carbocycles. The van der Waals surface area contributed by atoms with E-state index in [1.165, 1.54) is 5.57 Å². The maximum absolute atomic E-state index is 9.10. The largest absolute Gasteiger partial charge is 0.392 e. The van der Waals surface area contributed by atoms with Gasteiger partial charge in [0.1, 0.15) is 0 Å². The van der Waals surface area contributed by atoms with Gasteiger partial charge in [0.05, 0.1) is 13.2 Å². The van der Waals surface area contributed by atoms with Crippen LogP contribution in [0, 0.1) is 17.8 Å². The Labute approximate surface area is 73.2 Å². The van der Waals surface area contributed by atoms with Crippen molar-refractivity contribution in [3.05, 3.63) is 11.6 Å². The second-order valence-corrected chi connectivity index (χ2v) is 3.89. The van der Waals surface area contributed by atoms with Crippen molar-refractivity contribution in [1.29, 1.82) is 0 Å². The summed E-state index contributed by atoms with van der Waals surface area (Å²) in [7, 11) is 0. The molecule has 2 heteroatoms. The molecule has 0 amide bonds. The molecule has 1 saturated heterocycles. The molecular formula is C10H16O2. The van der Waals surface area contributed by atoms with E-state index in [0.717, 1.165) is 25.6 Å². The van der Waals surface area contributed by atoms with Gasteiger partial charge in [-0.15, -0.1) is 0 Å². The van der Waals surface area contributed by atoms with Gasteiger partial charge in [0.2, 0.25) is 0 Å². The lowest BCUT2D eigenvalue weighted by atomic mass is 9.83. The average molecular weight is 168 g/mol. The lowest BCUT2D eigenvalue weighted by Gasteiger charge is -2.29. The molecule has 0 aromatic heterocycles. The molecule has 1 fully saturated rings. The van der Waals surface area contributed by atoms with E-state index < -0.39 is 0 Å². The fourth-order valence-electron chi connectivity index (χ4n) is 2.52. The third-order valence-electron chi connectivity index (χ3n) is 3.22. The van der Waals surface area contributed by atoms with Crippen molar-refractivity contribution in [3.8, 4) is 0 Å². The van der Waals surface area contributed by atoms with Gasteiger partial charge in [0, 0.05) is 12.5 Å². The lowest BCUT2D eigenvalue weighted by molar-refractivity contribution is 0.0249. The summed E-state index contributed by atoms with van der Waals surface area (Å²) in [5, 5.41) is 9.10. The van der Waals surface area contributed by atoms with Crippen molar-refractivity contribution in [3.63, 3.8) is 0 Å². The second kappa shape index (κ2) is 3.19. The summed E-state index contributed by atoms with van der Waals surface area (Å²) in [6.07, 6.45) is 3.38. The van der Waals surface area contributed by atoms with Crippen LogP contribution in [0.25, 0.3) is 0 Å². The zero-order chi connectivity index (χ0) is 8.55. The SMILES string of the molecule is CC1C=C(CO)C2COCCC12. The Morgan fingerprint density at radius 3 is 3.25 bits per heavy atom. The summed E-state index contributed by atoms with van der Waals surface area (Å²) in [6, 6.07) is 0. The first-order valence-corrected chi connectivity index (χ1v) is 4.72. The van der Waals surface area contributed by atoms with Gasteiger partial charge >= 0.3 is 0 Å². The minimum atomic E-state index is 0.217. The first-order chi connectivity index (χ1) is 5.83. The van der Waals surface area contributed by atoms with Crippen LogP contribution in [-0.2, 0) is 4.74 Å². The van der Waals surface area contributed by atoms with E-state index in [9.17, 15) is 0 Å². The van der Waals surface area contributed by atoms with Crippen LogP contribution in [0.3, 0.4) is 0 Å². The van der Waals surface area contributed by atoms with Crippen LogP contribution in [0.1, 0.15) is 13.3 Å². The zero-order valence-electron chi connectivity index (χ0n) is 7.49. The maximum atomic E-state index is 9.10. The Morgan fingerprint density at radius 1 is 1.67 bits per heavy atom. The molecule has 1 heterocycles. The van der Waals surface area contributed by atoms with Gasteiger partial charge in [-0.25, -0.2) is 0 Å². The van der Waals surface area contributed by atoms with Crippen LogP contribution in [0.4, 0.5) is 0 Å². The molecule has 2 rings (SSSR count). The van der Waals surface area contributed by atoms with Crippen molar-refractivity contribution in [2.75, 3.05) is 19.8 Å². The minimum Gasteiger partial charge on any atom is -0.392 e. The monoisotopic (exact) mass is 168 g/mol. The number of hydrogen-bond acceptors (Lipinski definition) is 2. The predicted molar refractivity (Wildman–Crippen MR) is 46.7 cm³/mol. The standard InChI is InChI=1S/C10H16O2/c1-7-4-8(5-11)10-6-12-3-2-9(7)10/h4,7,9-11H,2-3,5-6H2,1H3. The van der Waals surface area contributed by atoms with Gasteiger partial charge < -0.3 is 9.84 Å². The van der Waals surface area contributed by atoms with Gasteiger partial charge in [0.25, 0.3) is 0 Å². The third-order valence-corrected chi connectivity index (χ3v) is 3.22. The van der Waals surface area contributed by atoms with E-state index in [4.69, 9.17) is 9.84 Å². The van der Waals surface area contributed by atoms with Crippen LogP contribution in [0.2, 0.25) is 0 Å². The molecular weight excluding hydrogens is 152 g/mol. The topological polar surface area (TPSA) is 29.5 Å². The maximum Gasteiger partial charge on any atom is 0.0645 e. The van der Waals surface area contributed by atoms with Crippen LogP contribution < -0.4 is 0 Å². The number of hydrogen-bond donors (Lipinski definition) is 1. The first kappa shape index (κ1) is 8.27. The first-order valence-electron chi connectivity index (χ1n) is 4.72. The highest BCUT2D eigenvalue weighted by Crippen LogP contribution is 2.40. The van der Waals surface area contributed by atoms with Crippen molar-refractivity contribution in [2.45, 2.75) is 13.3 Å². The molecule has 1 N–H and O–H groups in total. The van der Waals surface area contributed by atoms with Crippen LogP contribution in [0.5, 0.6) is 0 Å². The number of rotatable bonds is 1. The Bertz CT molecular complexity index is 198. The van der Waals surface area contributed by atoms with Gasteiger partial charge in [-0.2, -0.15) is 0 Å². The number of aliphatic hydroxyl groups excluding tert-OH is 1. The highest BCUT2D eigenvalue weighted by Gasteiger charge is 2.36. The molecule has 68 valence electrons. The smallest absolute Gasteiger partial charge is 0.0645 e. The Kier molecular flexibility index (Phi) is 2.20. The quantitative estimate of drug-likeness (QED) is 0.596. The van der Waals surface area contributed by atoms with Crippen molar-refractivity contribution in [2.24, 2.45) is 17.8 Å². The summed E-state index contributed by atoms with van der Waals surface area (Å²) in [4.78, 5) is 0. The molecule has 12 heavy (non-hydrogen) atoms.